The quantitative estimate of drug-likeness (QED) is 0.836. The first-order chi connectivity index (χ1) is 8.86. The standard InChI is InChI=1S/C14H27N3OS/c1-7-17-13(5)14(12(4)16-17)11(3)15-10(2)8-9-19(6)18/h10-11,15H,7-9H2,1-6H3. The van der Waals surface area contributed by atoms with Crippen LogP contribution in [0.5, 0.6) is 0 Å². The molecule has 19 heavy (non-hydrogen) atoms. The monoisotopic (exact) mass is 285 g/mol. The van der Waals surface area contributed by atoms with Crippen LogP contribution in [0.15, 0.2) is 0 Å². The van der Waals surface area contributed by atoms with E-state index >= 15 is 0 Å². The Kier molecular flexibility index (Phi) is 6.20. The molecule has 0 bridgehead atoms. The Hall–Kier alpha value is -0.680. The third-order valence-electron chi connectivity index (χ3n) is 3.54. The first kappa shape index (κ1) is 16.4. The van der Waals surface area contributed by atoms with E-state index in [-0.39, 0.29) is 6.04 Å². The Balaban J connectivity index is 2.70. The van der Waals surface area contributed by atoms with Crippen molar-refractivity contribution >= 4 is 10.8 Å². The van der Waals surface area contributed by atoms with Gasteiger partial charge < -0.3 is 5.32 Å². The van der Waals surface area contributed by atoms with Crippen LogP contribution in [0.2, 0.25) is 0 Å². The number of aromatic nitrogens is 2. The summed E-state index contributed by atoms with van der Waals surface area (Å²) in [5.74, 6) is 0.757. The zero-order valence-corrected chi connectivity index (χ0v) is 13.8. The van der Waals surface area contributed by atoms with Gasteiger partial charge in [-0.2, -0.15) is 5.10 Å². The van der Waals surface area contributed by atoms with E-state index in [0.29, 0.717) is 6.04 Å². The van der Waals surface area contributed by atoms with Crippen molar-refractivity contribution in [1.82, 2.24) is 15.1 Å². The van der Waals surface area contributed by atoms with E-state index in [2.05, 4.69) is 49.7 Å². The van der Waals surface area contributed by atoms with Crippen molar-refractivity contribution in [3.8, 4) is 0 Å². The summed E-state index contributed by atoms with van der Waals surface area (Å²) in [6.45, 7) is 11.5. The predicted octanol–water partition coefficient (Wildman–Crippen LogP) is 2.33. The third-order valence-corrected chi connectivity index (χ3v) is 4.35. The lowest BCUT2D eigenvalue weighted by Crippen LogP contribution is -2.30. The number of hydrogen-bond acceptors (Lipinski definition) is 3. The highest BCUT2D eigenvalue weighted by Crippen LogP contribution is 2.22. The fraction of sp³-hybridized carbons (Fsp3) is 0.786. The SMILES string of the molecule is CCn1nc(C)c(C(C)NC(C)CCS(C)=O)c1C. The molecule has 1 aromatic rings. The highest BCUT2D eigenvalue weighted by molar-refractivity contribution is 7.84. The summed E-state index contributed by atoms with van der Waals surface area (Å²) in [6.07, 6.45) is 2.70. The maximum Gasteiger partial charge on any atom is 0.0644 e. The van der Waals surface area contributed by atoms with Gasteiger partial charge in [-0.25, -0.2) is 0 Å². The maximum absolute atomic E-state index is 11.1. The molecular formula is C14H27N3OS. The summed E-state index contributed by atoms with van der Waals surface area (Å²) in [4.78, 5) is 0. The molecule has 3 atom stereocenters. The average Bonchev–Trinajstić information content (AvgIpc) is 2.61. The third kappa shape index (κ3) is 4.42. The van der Waals surface area contributed by atoms with Gasteiger partial charge in [0.25, 0.3) is 0 Å². The Morgan fingerprint density at radius 3 is 2.47 bits per heavy atom. The molecule has 4 nitrogen and oxygen atoms in total. The van der Waals surface area contributed by atoms with Crippen molar-refractivity contribution in [3.63, 3.8) is 0 Å². The fourth-order valence-corrected chi connectivity index (χ4v) is 3.27. The van der Waals surface area contributed by atoms with Crippen molar-refractivity contribution in [3.05, 3.63) is 17.0 Å². The van der Waals surface area contributed by atoms with Crippen LogP contribution >= 0.6 is 0 Å². The van der Waals surface area contributed by atoms with Crippen molar-refractivity contribution < 1.29 is 4.21 Å². The predicted molar refractivity (Wildman–Crippen MR) is 81.9 cm³/mol. The van der Waals surface area contributed by atoms with Gasteiger partial charge in [0.1, 0.15) is 0 Å². The molecule has 1 N–H and O–H groups in total. The van der Waals surface area contributed by atoms with Crippen molar-refractivity contribution in [2.45, 2.75) is 59.7 Å². The van der Waals surface area contributed by atoms with Gasteiger partial charge in [0, 0.05) is 52.7 Å². The number of aryl methyl sites for hydroxylation is 2. The van der Waals surface area contributed by atoms with Gasteiger partial charge in [0.05, 0.1) is 5.69 Å². The molecule has 5 heteroatoms. The van der Waals surface area contributed by atoms with Gasteiger partial charge in [-0.1, -0.05) is 0 Å². The molecule has 0 radical (unpaired) electrons. The van der Waals surface area contributed by atoms with Gasteiger partial charge in [-0.3, -0.25) is 8.89 Å². The lowest BCUT2D eigenvalue weighted by molar-refractivity contribution is 0.467. The number of nitrogens with one attached hydrogen (secondary N) is 1. The Morgan fingerprint density at radius 1 is 1.37 bits per heavy atom. The Bertz CT molecular complexity index is 442. The second-order valence-corrected chi connectivity index (χ2v) is 6.81. The Morgan fingerprint density at radius 2 is 2.00 bits per heavy atom. The van der Waals surface area contributed by atoms with E-state index in [1.807, 2.05) is 0 Å². The zero-order chi connectivity index (χ0) is 14.6. The first-order valence-corrected chi connectivity index (χ1v) is 8.69. The lowest BCUT2D eigenvalue weighted by Gasteiger charge is -2.20. The molecule has 0 amide bonds. The van der Waals surface area contributed by atoms with Crippen LogP contribution in [0.1, 0.15) is 50.2 Å². The minimum Gasteiger partial charge on any atom is -0.308 e. The normalized spacial score (nSPS) is 16.3. The molecule has 0 aromatic carbocycles. The van der Waals surface area contributed by atoms with Gasteiger partial charge in [0.15, 0.2) is 0 Å². The molecule has 0 aliphatic heterocycles. The van der Waals surface area contributed by atoms with E-state index < -0.39 is 10.8 Å². The van der Waals surface area contributed by atoms with Crippen LogP contribution in [0.3, 0.4) is 0 Å². The van der Waals surface area contributed by atoms with E-state index in [1.54, 1.807) is 6.26 Å². The van der Waals surface area contributed by atoms with Crippen LogP contribution in [0.4, 0.5) is 0 Å². The molecule has 0 fully saturated rings. The van der Waals surface area contributed by atoms with Gasteiger partial charge in [-0.05, 0) is 41.0 Å². The minimum atomic E-state index is -0.708. The first-order valence-electron chi connectivity index (χ1n) is 6.96. The van der Waals surface area contributed by atoms with Crippen LogP contribution in [-0.2, 0) is 17.3 Å². The highest BCUT2D eigenvalue weighted by Gasteiger charge is 2.18. The minimum absolute atomic E-state index is 0.278. The molecule has 0 aliphatic carbocycles. The van der Waals surface area contributed by atoms with Crippen molar-refractivity contribution in [1.29, 1.82) is 0 Å². The van der Waals surface area contributed by atoms with Crippen LogP contribution in [-0.4, -0.2) is 32.0 Å². The van der Waals surface area contributed by atoms with E-state index in [9.17, 15) is 4.21 Å². The van der Waals surface area contributed by atoms with Crippen molar-refractivity contribution in [2.24, 2.45) is 0 Å². The molecule has 1 aromatic heterocycles. The summed E-state index contributed by atoms with van der Waals surface area (Å²) < 4.78 is 13.2. The molecule has 0 saturated heterocycles. The number of rotatable bonds is 7. The summed E-state index contributed by atoms with van der Waals surface area (Å²) in [5.41, 5.74) is 3.64. The number of nitrogens with zero attached hydrogens (tertiary/aromatic N) is 2. The maximum atomic E-state index is 11.1. The van der Waals surface area contributed by atoms with Crippen molar-refractivity contribution in [2.75, 3.05) is 12.0 Å². The van der Waals surface area contributed by atoms with Crippen LogP contribution in [0, 0.1) is 13.8 Å². The fourth-order valence-electron chi connectivity index (χ4n) is 2.58. The van der Waals surface area contributed by atoms with Gasteiger partial charge in [0.2, 0.25) is 0 Å². The average molecular weight is 285 g/mol. The van der Waals surface area contributed by atoms with E-state index in [0.717, 1.165) is 24.4 Å². The topological polar surface area (TPSA) is 46.9 Å². The smallest absolute Gasteiger partial charge is 0.0644 e. The molecule has 3 unspecified atom stereocenters. The van der Waals surface area contributed by atoms with Gasteiger partial charge in [-0.15, -0.1) is 0 Å². The second kappa shape index (κ2) is 7.20. The highest BCUT2D eigenvalue weighted by atomic mass is 32.2. The molecule has 1 heterocycles. The summed E-state index contributed by atoms with van der Waals surface area (Å²) >= 11 is 0. The zero-order valence-electron chi connectivity index (χ0n) is 13.0. The molecular weight excluding hydrogens is 258 g/mol. The van der Waals surface area contributed by atoms with Gasteiger partial charge >= 0.3 is 0 Å². The lowest BCUT2D eigenvalue weighted by atomic mass is 10.1. The van der Waals surface area contributed by atoms with Crippen LogP contribution in [0.25, 0.3) is 0 Å². The summed E-state index contributed by atoms with van der Waals surface area (Å²) in [6, 6.07) is 0.642. The molecule has 110 valence electrons. The summed E-state index contributed by atoms with van der Waals surface area (Å²) in [7, 11) is -0.708. The van der Waals surface area contributed by atoms with E-state index in [1.165, 1.54) is 11.3 Å². The largest absolute Gasteiger partial charge is 0.308 e. The Labute approximate surface area is 119 Å². The second-order valence-electron chi connectivity index (χ2n) is 5.26. The number of hydrogen-bond donors (Lipinski definition) is 1. The van der Waals surface area contributed by atoms with E-state index in [4.69, 9.17) is 0 Å². The molecule has 1 rings (SSSR count). The molecule has 0 saturated carbocycles. The summed E-state index contributed by atoms with van der Waals surface area (Å²) in [5, 5.41) is 8.14. The molecule has 0 aliphatic rings. The van der Waals surface area contributed by atoms with Crippen LogP contribution < -0.4 is 5.32 Å². The molecule has 0 spiro atoms.